The molecular formula is C15H24N2O3. The highest BCUT2D eigenvalue weighted by Gasteiger charge is 2.35. The lowest BCUT2D eigenvalue weighted by atomic mass is 9.75. The Labute approximate surface area is 120 Å². The predicted octanol–water partition coefficient (Wildman–Crippen LogP) is 2.55. The number of amides is 2. The van der Waals surface area contributed by atoms with Gasteiger partial charge in [0.05, 0.1) is 12.6 Å². The quantitative estimate of drug-likeness (QED) is 0.833. The van der Waals surface area contributed by atoms with E-state index in [1.165, 1.54) is 0 Å². The fourth-order valence-corrected chi connectivity index (χ4v) is 2.79. The lowest BCUT2D eigenvalue weighted by molar-refractivity contribution is 0.191. The van der Waals surface area contributed by atoms with E-state index in [9.17, 15) is 4.79 Å². The third-order valence-corrected chi connectivity index (χ3v) is 3.63. The molecule has 0 aromatic carbocycles. The van der Waals surface area contributed by atoms with Gasteiger partial charge in [-0.3, -0.25) is 0 Å². The van der Waals surface area contributed by atoms with E-state index in [1.54, 1.807) is 7.11 Å². The van der Waals surface area contributed by atoms with Crippen LogP contribution in [0.3, 0.4) is 0 Å². The second kappa shape index (κ2) is 5.87. The molecular weight excluding hydrogens is 256 g/mol. The zero-order chi connectivity index (χ0) is 14.8. The van der Waals surface area contributed by atoms with Crippen LogP contribution in [0.15, 0.2) is 10.5 Å². The van der Waals surface area contributed by atoms with Gasteiger partial charge in [-0.1, -0.05) is 13.8 Å². The van der Waals surface area contributed by atoms with Gasteiger partial charge in [-0.2, -0.15) is 0 Å². The Morgan fingerprint density at radius 2 is 2.30 bits per heavy atom. The second-order valence-corrected chi connectivity index (χ2v) is 6.23. The first-order valence-electron chi connectivity index (χ1n) is 7.04. The Bertz CT molecular complexity index is 479. The fraction of sp³-hybridized carbons (Fsp3) is 0.667. The van der Waals surface area contributed by atoms with Gasteiger partial charge < -0.3 is 19.8 Å². The van der Waals surface area contributed by atoms with Gasteiger partial charge in [0.15, 0.2) is 0 Å². The van der Waals surface area contributed by atoms with Gasteiger partial charge in [0, 0.05) is 25.6 Å². The first kappa shape index (κ1) is 14.9. The standard InChI is InChI=1S/C15H24N2O3/c1-10-7-11-12(17-14(18)16-5-6-19-4)8-15(2,3)9-13(11)20-10/h7,12H,5-6,8-9H2,1-4H3,(H2,16,17,18). The average molecular weight is 280 g/mol. The zero-order valence-corrected chi connectivity index (χ0v) is 12.7. The summed E-state index contributed by atoms with van der Waals surface area (Å²) >= 11 is 0. The van der Waals surface area contributed by atoms with Crippen molar-refractivity contribution in [1.29, 1.82) is 0 Å². The Hall–Kier alpha value is -1.49. The zero-order valence-electron chi connectivity index (χ0n) is 12.7. The molecule has 20 heavy (non-hydrogen) atoms. The number of hydrogen-bond donors (Lipinski definition) is 2. The van der Waals surface area contributed by atoms with Crippen LogP contribution < -0.4 is 10.6 Å². The van der Waals surface area contributed by atoms with Gasteiger partial charge >= 0.3 is 6.03 Å². The summed E-state index contributed by atoms with van der Waals surface area (Å²) in [7, 11) is 1.61. The average Bonchev–Trinajstić information content (AvgIpc) is 2.68. The van der Waals surface area contributed by atoms with Crippen molar-refractivity contribution in [1.82, 2.24) is 10.6 Å². The number of urea groups is 1. The number of furan rings is 1. The smallest absolute Gasteiger partial charge is 0.315 e. The number of carbonyl (C=O) groups excluding carboxylic acids is 1. The normalized spacial score (nSPS) is 20.3. The molecule has 0 fully saturated rings. The van der Waals surface area contributed by atoms with Gasteiger partial charge in [-0.05, 0) is 24.8 Å². The van der Waals surface area contributed by atoms with Crippen LogP contribution in [0, 0.1) is 12.3 Å². The minimum atomic E-state index is -0.158. The summed E-state index contributed by atoms with van der Waals surface area (Å²) in [5, 5.41) is 5.83. The molecule has 0 saturated heterocycles. The molecule has 1 unspecified atom stereocenters. The minimum absolute atomic E-state index is 0.00810. The SMILES string of the molecule is COCCNC(=O)NC1CC(C)(C)Cc2oc(C)cc21. The van der Waals surface area contributed by atoms with Crippen LogP contribution in [0.1, 0.15) is 43.4 Å². The van der Waals surface area contributed by atoms with Crippen LogP contribution >= 0.6 is 0 Å². The van der Waals surface area contributed by atoms with Crippen molar-refractivity contribution in [2.45, 2.75) is 39.7 Å². The van der Waals surface area contributed by atoms with Gasteiger partial charge in [-0.15, -0.1) is 0 Å². The van der Waals surface area contributed by atoms with Crippen molar-refractivity contribution in [3.8, 4) is 0 Å². The Morgan fingerprint density at radius 1 is 1.55 bits per heavy atom. The third kappa shape index (κ3) is 3.54. The highest BCUT2D eigenvalue weighted by Crippen LogP contribution is 2.41. The second-order valence-electron chi connectivity index (χ2n) is 6.23. The van der Waals surface area contributed by atoms with Crippen molar-refractivity contribution in [3.63, 3.8) is 0 Å². The molecule has 1 aromatic rings. The number of aryl methyl sites for hydroxylation is 1. The minimum Gasteiger partial charge on any atom is -0.466 e. The van der Waals surface area contributed by atoms with Crippen molar-refractivity contribution >= 4 is 6.03 Å². The van der Waals surface area contributed by atoms with Crippen LogP contribution in [-0.2, 0) is 11.2 Å². The molecule has 1 heterocycles. The summed E-state index contributed by atoms with van der Waals surface area (Å²) in [5.41, 5.74) is 1.24. The molecule has 5 heteroatoms. The molecule has 1 atom stereocenters. The maximum absolute atomic E-state index is 11.9. The Kier molecular flexibility index (Phi) is 4.38. The number of hydrogen-bond acceptors (Lipinski definition) is 3. The summed E-state index contributed by atoms with van der Waals surface area (Å²) < 4.78 is 10.7. The molecule has 0 aliphatic heterocycles. The molecule has 1 aliphatic rings. The maximum Gasteiger partial charge on any atom is 0.315 e. The van der Waals surface area contributed by atoms with E-state index >= 15 is 0 Å². The number of nitrogens with one attached hydrogen (secondary N) is 2. The molecule has 112 valence electrons. The summed E-state index contributed by atoms with van der Waals surface area (Å²) in [4.78, 5) is 11.9. The van der Waals surface area contributed by atoms with E-state index in [0.717, 1.165) is 29.9 Å². The predicted molar refractivity (Wildman–Crippen MR) is 76.7 cm³/mol. The van der Waals surface area contributed by atoms with Gasteiger partial charge in [0.25, 0.3) is 0 Å². The summed E-state index contributed by atoms with van der Waals surface area (Å²) in [6.45, 7) is 7.37. The first-order chi connectivity index (χ1) is 9.41. The van der Waals surface area contributed by atoms with Crippen molar-refractivity contribution in [2.24, 2.45) is 5.41 Å². The highest BCUT2D eigenvalue weighted by molar-refractivity contribution is 5.74. The molecule has 0 bridgehead atoms. The topological polar surface area (TPSA) is 63.5 Å². The largest absolute Gasteiger partial charge is 0.466 e. The van der Waals surface area contributed by atoms with E-state index in [-0.39, 0.29) is 17.5 Å². The Morgan fingerprint density at radius 3 is 3.00 bits per heavy atom. The number of carbonyl (C=O) groups is 1. The monoisotopic (exact) mass is 280 g/mol. The molecule has 0 spiro atoms. The molecule has 5 nitrogen and oxygen atoms in total. The lowest BCUT2D eigenvalue weighted by Gasteiger charge is -2.34. The molecule has 2 rings (SSSR count). The van der Waals surface area contributed by atoms with Gasteiger partial charge in [0.1, 0.15) is 11.5 Å². The Balaban J connectivity index is 2.05. The van der Waals surface area contributed by atoms with E-state index < -0.39 is 0 Å². The molecule has 1 aliphatic carbocycles. The molecule has 2 amide bonds. The van der Waals surface area contributed by atoms with Crippen molar-refractivity contribution < 1.29 is 13.9 Å². The van der Waals surface area contributed by atoms with Crippen LogP contribution in [0.4, 0.5) is 4.79 Å². The summed E-state index contributed by atoms with van der Waals surface area (Å²) in [6, 6.07) is 1.88. The van der Waals surface area contributed by atoms with E-state index in [1.807, 2.05) is 13.0 Å². The molecule has 1 aromatic heterocycles. The number of methoxy groups -OCH3 is 1. The number of ether oxygens (including phenoxy) is 1. The van der Waals surface area contributed by atoms with E-state index in [4.69, 9.17) is 9.15 Å². The summed E-state index contributed by atoms with van der Waals surface area (Å²) in [5.74, 6) is 1.90. The molecule has 2 N–H and O–H groups in total. The first-order valence-corrected chi connectivity index (χ1v) is 7.04. The third-order valence-electron chi connectivity index (χ3n) is 3.63. The van der Waals surface area contributed by atoms with Crippen LogP contribution in [0.5, 0.6) is 0 Å². The lowest BCUT2D eigenvalue weighted by Crippen LogP contribution is -2.42. The number of fused-ring (bicyclic) bond motifs is 1. The maximum atomic E-state index is 11.9. The van der Waals surface area contributed by atoms with Gasteiger partial charge in [0.2, 0.25) is 0 Å². The highest BCUT2D eigenvalue weighted by atomic mass is 16.5. The van der Waals surface area contributed by atoms with Crippen LogP contribution in [0.2, 0.25) is 0 Å². The van der Waals surface area contributed by atoms with Crippen LogP contribution in [-0.4, -0.2) is 26.3 Å². The fourth-order valence-electron chi connectivity index (χ4n) is 2.79. The van der Waals surface area contributed by atoms with E-state index in [2.05, 4.69) is 24.5 Å². The van der Waals surface area contributed by atoms with Crippen molar-refractivity contribution in [2.75, 3.05) is 20.3 Å². The molecule has 0 saturated carbocycles. The number of rotatable bonds is 4. The van der Waals surface area contributed by atoms with Crippen molar-refractivity contribution in [3.05, 3.63) is 23.2 Å². The van der Waals surface area contributed by atoms with E-state index in [0.29, 0.717) is 13.2 Å². The van der Waals surface area contributed by atoms with Gasteiger partial charge in [-0.25, -0.2) is 4.79 Å². The van der Waals surface area contributed by atoms with Crippen LogP contribution in [0.25, 0.3) is 0 Å². The molecule has 0 radical (unpaired) electrons. The summed E-state index contributed by atoms with van der Waals surface area (Å²) in [6.07, 6.45) is 1.83.